The second-order valence-corrected chi connectivity index (χ2v) is 6.68. The SMILES string of the molecule is CC(C)NCC1CCCCC1c1cnc2ccccc2c1. The Labute approximate surface area is 128 Å². The molecule has 0 bridgehead atoms. The fourth-order valence-electron chi connectivity index (χ4n) is 3.57. The van der Waals surface area contributed by atoms with E-state index in [1.165, 1.54) is 36.6 Å². The van der Waals surface area contributed by atoms with Gasteiger partial charge in [-0.2, -0.15) is 0 Å². The third-order valence-electron chi connectivity index (χ3n) is 4.74. The van der Waals surface area contributed by atoms with Crippen LogP contribution in [-0.2, 0) is 0 Å². The lowest BCUT2D eigenvalue weighted by Gasteiger charge is -2.32. The summed E-state index contributed by atoms with van der Waals surface area (Å²) < 4.78 is 0. The molecule has 1 aromatic heterocycles. The topological polar surface area (TPSA) is 24.9 Å². The first kappa shape index (κ1) is 14.5. The van der Waals surface area contributed by atoms with Crippen LogP contribution in [0.15, 0.2) is 36.5 Å². The average molecular weight is 282 g/mol. The van der Waals surface area contributed by atoms with Crippen LogP contribution < -0.4 is 5.32 Å². The van der Waals surface area contributed by atoms with Crippen LogP contribution in [0.2, 0.25) is 0 Å². The van der Waals surface area contributed by atoms with E-state index in [0.29, 0.717) is 12.0 Å². The summed E-state index contributed by atoms with van der Waals surface area (Å²) in [5, 5.41) is 4.91. The number of para-hydroxylation sites is 1. The Morgan fingerprint density at radius 3 is 2.86 bits per heavy atom. The van der Waals surface area contributed by atoms with E-state index >= 15 is 0 Å². The number of nitrogens with zero attached hydrogens (tertiary/aromatic N) is 1. The van der Waals surface area contributed by atoms with Crippen molar-refractivity contribution in [2.45, 2.75) is 51.5 Å². The predicted octanol–water partition coefficient (Wildman–Crippen LogP) is 4.51. The number of pyridine rings is 1. The number of rotatable bonds is 4. The number of aromatic nitrogens is 1. The van der Waals surface area contributed by atoms with Crippen LogP contribution >= 0.6 is 0 Å². The van der Waals surface area contributed by atoms with Gasteiger partial charge < -0.3 is 5.32 Å². The Balaban J connectivity index is 1.83. The lowest BCUT2D eigenvalue weighted by atomic mass is 9.75. The normalized spacial score (nSPS) is 22.8. The first-order valence-corrected chi connectivity index (χ1v) is 8.32. The van der Waals surface area contributed by atoms with Gasteiger partial charge in [0.05, 0.1) is 5.52 Å². The first-order chi connectivity index (χ1) is 10.2. The van der Waals surface area contributed by atoms with Gasteiger partial charge in [-0.1, -0.05) is 44.9 Å². The molecule has 2 aromatic rings. The van der Waals surface area contributed by atoms with E-state index in [2.05, 4.69) is 60.7 Å². The summed E-state index contributed by atoms with van der Waals surface area (Å²) in [4.78, 5) is 4.67. The standard InChI is InChI=1S/C19H26N2/c1-14(2)20-12-16-8-3-5-9-18(16)17-11-15-7-4-6-10-19(15)21-13-17/h4,6-7,10-11,13-14,16,18,20H,3,5,8-9,12H2,1-2H3. The van der Waals surface area contributed by atoms with Crippen molar-refractivity contribution in [1.82, 2.24) is 10.3 Å². The van der Waals surface area contributed by atoms with Gasteiger partial charge in [-0.15, -0.1) is 0 Å². The van der Waals surface area contributed by atoms with Crippen molar-refractivity contribution < 1.29 is 0 Å². The number of nitrogens with one attached hydrogen (secondary N) is 1. The molecule has 2 atom stereocenters. The molecule has 1 aliphatic carbocycles. The molecule has 2 heteroatoms. The Morgan fingerprint density at radius 1 is 1.19 bits per heavy atom. The number of benzene rings is 1. The van der Waals surface area contributed by atoms with Crippen LogP contribution in [0, 0.1) is 5.92 Å². The van der Waals surface area contributed by atoms with Crippen LogP contribution in [0.5, 0.6) is 0 Å². The van der Waals surface area contributed by atoms with Crippen LogP contribution in [0.4, 0.5) is 0 Å². The minimum absolute atomic E-state index is 0.572. The molecule has 1 heterocycles. The monoisotopic (exact) mass is 282 g/mol. The summed E-state index contributed by atoms with van der Waals surface area (Å²) in [6.07, 6.45) is 7.50. The van der Waals surface area contributed by atoms with Crippen LogP contribution in [0.25, 0.3) is 10.9 Å². The van der Waals surface area contributed by atoms with E-state index in [-0.39, 0.29) is 0 Å². The Bertz CT molecular complexity index is 591. The van der Waals surface area contributed by atoms with Gasteiger partial charge in [0, 0.05) is 17.6 Å². The summed E-state index contributed by atoms with van der Waals surface area (Å²) in [7, 11) is 0. The van der Waals surface area contributed by atoms with Crippen molar-refractivity contribution in [3.8, 4) is 0 Å². The molecule has 1 aromatic carbocycles. The predicted molar refractivity (Wildman–Crippen MR) is 89.6 cm³/mol. The van der Waals surface area contributed by atoms with Gasteiger partial charge in [0.25, 0.3) is 0 Å². The average Bonchev–Trinajstić information content (AvgIpc) is 2.52. The lowest BCUT2D eigenvalue weighted by Crippen LogP contribution is -2.33. The third-order valence-corrected chi connectivity index (χ3v) is 4.74. The molecule has 0 saturated heterocycles. The molecule has 0 aliphatic heterocycles. The van der Waals surface area contributed by atoms with Gasteiger partial charge >= 0.3 is 0 Å². The summed E-state index contributed by atoms with van der Waals surface area (Å²) in [6.45, 7) is 5.60. The largest absolute Gasteiger partial charge is 0.314 e. The minimum Gasteiger partial charge on any atom is -0.314 e. The number of hydrogen-bond donors (Lipinski definition) is 1. The van der Waals surface area contributed by atoms with E-state index in [0.717, 1.165) is 18.0 Å². The Kier molecular flexibility index (Phi) is 4.54. The van der Waals surface area contributed by atoms with Crippen LogP contribution in [0.1, 0.15) is 51.0 Å². The summed E-state index contributed by atoms with van der Waals surface area (Å²) >= 11 is 0. The van der Waals surface area contributed by atoms with E-state index in [9.17, 15) is 0 Å². The van der Waals surface area contributed by atoms with Gasteiger partial charge in [-0.3, -0.25) is 4.98 Å². The molecule has 0 amide bonds. The molecule has 1 aliphatic rings. The molecule has 112 valence electrons. The molecular weight excluding hydrogens is 256 g/mol. The maximum atomic E-state index is 4.67. The number of fused-ring (bicyclic) bond motifs is 1. The highest BCUT2D eigenvalue weighted by Crippen LogP contribution is 2.38. The number of hydrogen-bond acceptors (Lipinski definition) is 2. The highest BCUT2D eigenvalue weighted by atomic mass is 14.9. The van der Waals surface area contributed by atoms with Gasteiger partial charge in [0.1, 0.15) is 0 Å². The molecule has 1 saturated carbocycles. The first-order valence-electron chi connectivity index (χ1n) is 8.32. The molecule has 3 rings (SSSR count). The summed E-state index contributed by atoms with van der Waals surface area (Å²) in [5.41, 5.74) is 2.54. The fourth-order valence-corrected chi connectivity index (χ4v) is 3.57. The maximum absolute atomic E-state index is 4.67. The Morgan fingerprint density at radius 2 is 2.00 bits per heavy atom. The molecule has 1 fully saturated rings. The molecule has 21 heavy (non-hydrogen) atoms. The van der Waals surface area contributed by atoms with Gasteiger partial charge in [0.2, 0.25) is 0 Å². The van der Waals surface area contributed by atoms with Crippen molar-refractivity contribution in [1.29, 1.82) is 0 Å². The quantitative estimate of drug-likeness (QED) is 0.892. The highest BCUT2D eigenvalue weighted by Gasteiger charge is 2.26. The summed E-state index contributed by atoms with van der Waals surface area (Å²) in [5.74, 6) is 1.42. The zero-order valence-corrected chi connectivity index (χ0v) is 13.2. The maximum Gasteiger partial charge on any atom is 0.0702 e. The van der Waals surface area contributed by atoms with Crippen LogP contribution in [-0.4, -0.2) is 17.6 Å². The third kappa shape index (κ3) is 3.44. The summed E-state index contributed by atoms with van der Waals surface area (Å²) in [6, 6.07) is 11.4. The molecule has 0 spiro atoms. The zero-order chi connectivity index (χ0) is 14.7. The van der Waals surface area contributed by atoms with Crippen molar-refractivity contribution in [2.75, 3.05) is 6.54 Å². The zero-order valence-electron chi connectivity index (χ0n) is 13.2. The van der Waals surface area contributed by atoms with E-state index in [1.54, 1.807) is 0 Å². The molecule has 0 radical (unpaired) electrons. The van der Waals surface area contributed by atoms with Crippen LogP contribution in [0.3, 0.4) is 0 Å². The molecule has 2 nitrogen and oxygen atoms in total. The highest BCUT2D eigenvalue weighted by molar-refractivity contribution is 5.78. The van der Waals surface area contributed by atoms with Crippen molar-refractivity contribution in [3.05, 3.63) is 42.1 Å². The van der Waals surface area contributed by atoms with E-state index in [4.69, 9.17) is 0 Å². The van der Waals surface area contributed by atoms with E-state index in [1.807, 2.05) is 0 Å². The van der Waals surface area contributed by atoms with Gasteiger partial charge in [-0.25, -0.2) is 0 Å². The van der Waals surface area contributed by atoms with Crippen molar-refractivity contribution in [2.24, 2.45) is 5.92 Å². The van der Waals surface area contributed by atoms with Crippen molar-refractivity contribution >= 4 is 10.9 Å². The molecular formula is C19H26N2. The lowest BCUT2D eigenvalue weighted by molar-refractivity contribution is 0.289. The van der Waals surface area contributed by atoms with Gasteiger partial charge in [-0.05, 0) is 48.9 Å². The van der Waals surface area contributed by atoms with Gasteiger partial charge in [0.15, 0.2) is 0 Å². The molecule has 1 N–H and O–H groups in total. The second kappa shape index (κ2) is 6.57. The van der Waals surface area contributed by atoms with E-state index < -0.39 is 0 Å². The smallest absolute Gasteiger partial charge is 0.0702 e. The Hall–Kier alpha value is -1.41. The van der Waals surface area contributed by atoms with Crippen molar-refractivity contribution in [3.63, 3.8) is 0 Å². The second-order valence-electron chi connectivity index (χ2n) is 6.68. The molecule has 2 unspecified atom stereocenters. The fraction of sp³-hybridized carbons (Fsp3) is 0.526. The minimum atomic E-state index is 0.572.